The van der Waals surface area contributed by atoms with E-state index in [0.717, 1.165) is 57.1 Å². The largest absolute Gasteiger partial charge is 0.378 e. The summed E-state index contributed by atoms with van der Waals surface area (Å²) < 4.78 is 5.42. The molecule has 6 nitrogen and oxygen atoms in total. The van der Waals surface area contributed by atoms with Crippen LogP contribution in [0.5, 0.6) is 0 Å². The number of anilines is 2. The van der Waals surface area contributed by atoms with E-state index in [4.69, 9.17) is 4.74 Å². The lowest BCUT2D eigenvalue weighted by Crippen LogP contribution is -2.52. The number of hydrogen-bond acceptors (Lipinski definition) is 6. The van der Waals surface area contributed by atoms with Crippen LogP contribution >= 0.6 is 0 Å². The quantitative estimate of drug-likeness (QED) is 0.830. The van der Waals surface area contributed by atoms with Gasteiger partial charge in [-0.25, -0.2) is 9.97 Å². The van der Waals surface area contributed by atoms with Crippen LogP contribution in [0.15, 0.2) is 12.4 Å². The maximum Gasteiger partial charge on any atom is 0.134 e. The molecular formula is C16H25N5O. The molecule has 0 atom stereocenters. The van der Waals surface area contributed by atoms with Gasteiger partial charge in [-0.3, -0.25) is 4.90 Å². The molecule has 3 heterocycles. The highest BCUT2D eigenvalue weighted by atomic mass is 16.5. The SMILES string of the molecule is c1nc(N2CCOCC2)cc(N2CCN(C3CCC3)CC2)n1. The number of rotatable bonds is 3. The summed E-state index contributed by atoms with van der Waals surface area (Å²) in [4.78, 5) is 16.3. The normalized spacial score (nSPS) is 24.4. The number of nitrogens with zero attached hydrogens (tertiary/aromatic N) is 5. The summed E-state index contributed by atoms with van der Waals surface area (Å²) in [5.41, 5.74) is 0. The second-order valence-electron chi connectivity index (χ2n) is 6.44. The van der Waals surface area contributed by atoms with Crippen molar-refractivity contribution in [3.63, 3.8) is 0 Å². The summed E-state index contributed by atoms with van der Waals surface area (Å²) in [6, 6.07) is 3.00. The fourth-order valence-corrected chi connectivity index (χ4v) is 3.54. The van der Waals surface area contributed by atoms with Gasteiger partial charge in [-0.1, -0.05) is 6.42 Å². The molecule has 6 heteroatoms. The molecule has 3 aliphatic rings. The Hall–Kier alpha value is -1.40. The highest BCUT2D eigenvalue weighted by Crippen LogP contribution is 2.27. The van der Waals surface area contributed by atoms with Gasteiger partial charge in [0.25, 0.3) is 0 Å². The van der Waals surface area contributed by atoms with Gasteiger partial charge in [-0.05, 0) is 12.8 Å². The second-order valence-corrected chi connectivity index (χ2v) is 6.44. The fourth-order valence-electron chi connectivity index (χ4n) is 3.54. The Labute approximate surface area is 132 Å². The predicted molar refractivity (Wildman–Crippen MR) is 86.5 cm³/mol. The molecule has 1 aromatic heterocycles. The monoisotopic (exact) mass is 303 g/mol. The third-order valence-corrected chi connectivity index (χ3v) is 5.20. The van der Waals surface area contributed by atoms with Gasteiger partial charge in [0, 0.05) is 51.4 Å². The maximum absolute atomic E-state index is 5.42. The van der Waals surface area contributed by atoms with E-state index in [1.165, 1.54) is 32.4 Å². The summed E-state index contributed by atoms with van der Waals surface area (Å²) >= 11 is 0. The lowest BCUT2D eigenvalue weighted by molar-refractivity contribution is 0.120. The standard InChI is InChI=1S/C16H25N5O/c1-2-14(3-1)19-4-6-20(7-5-19)15-12-16(18-13-17-15)21-8-10-22-11-9-21/h12-14H,1-11H2. The van der Waals surface area contributed by atoms with Crippen LogP contribution in [-0.4, -0.2) is 73.4 Å². The molecule has 0 aromatic carbocycles. The molecule has 2 saturated heterocycles. The Balaban J connectivity index is 1.40. The van der Waals surface area contributed by atoms with E-state index in [1.807, 2.05) is 0 Å². The van der Waals surface area contributed by atoms with Crippen molar-refractivity contribution < 1.29 is 4.74 Å². The van der Waals surface area contributed by atoms with Crippen LogP contribution in [0, 0.1) is 0 Å². The summed E-state index contributed by atoms with van der Waals surface area (Å²) in [6.45, 7) is 7.92. The molecule has 1 aliphatic carbocycles. The van der Waals surface area contributed by atoms with Crippen LogP contribution in [0.25, 0.3) is 0 Å². The molecule has 1 aromatic rings. The number of aromatic nitrogens is 2. The maximum atomic E-state index is 5.42. The molecule has 1 saturated carbocycles. The van der Waals surface area contributed by atoms with Gasteiger partial charge in [-0.2, -0.15) is 0 Å². The van der Waals surface area contributed by atoms with Crippen molar-refractivity contribution in [2.75, 3.05) is 62.3 Å². The summed E-state index contributed by atoms with van der Waals surface area (Å²) in [5, 5.41) is 0. The zero-order chi connectivity index (χ0) is 14.8. The van der Waals surface area contributed by atoms with Gasteiger partial charge in [0.15, 0.2) is 0 Å². The van der Waals surface area contributed by atoms with Crippen molar-refractivity contribution in [3.8, 4) is 0 Å². The highest BCUT2D eigenvalue weighted by molar-refractivity contribution is 5.50. The van der Waals surface area contributed by atoms with Crippen LogP contribution in [0.4, 0.5) is 11.6 Å². The van der Waals surface area contributed by atoms with Crippen LogP contribution in [0.1, 0.15) is 19.3 Å². The van der Waals surface area contributed by atoms with E-state index in [9.17, 15) is 0 Å². The molecule has 3 fully saturated rings. The number of hydrogen-bond donors (Lipinski definition) is 0. The first-order valence-corrected chi connectivity index (χ1v) is 8.54. The van der Waals surface area contributed by atoms with Crippen molar-refractivity contribution in [3.05, 3.63) is 12.4 Å². The first-order chi connectivity index (χ1) is 10.9. The second kappa shape index (κ2) is 6.38. The molecule has 0 unspecified atom stereocenters. The van der Waals surface area contributed by atoms with Crippen LogP contribution < -0.4 is 9.80 Å². The van der Waals surface area contributed by atoms with E-state index in [2.05, 4.69) is 30.7 Å². The summed E-state index contributed by atoms with van der Waals surface area (Å²) in [5.74, 6) is 2.11. The van der Waals surface area contributed by atoms with Crippen molar-refractivity contribution in [1.29, 1.82) is 0 Å². The molecule has 4 rings (SSSR count). The minimum Gasteiger partial charge on any atom is -0.378 e. The lowest BCUT2D eigenvalue weighted by atomic mass is 9.91. The molecule has 0 bridgehead atoms. The van der Waals surface area contributed by atoms with Crippen LogP contribution in [-0.2, 0) is 4.74 Å². The number of morpholine rings is 1. The van der Waals surface area contributed by atoms with Gasteiger partial charge in [0.05, 0.1) is 13.2 Å². The van der Waals surface area contributed by atoms with Crippen LogP contribution in [0.2, 0.25) is 0 Å². The Morgan fingerprint density at radius 2 is 1.50 bits per heavy atom. The highest BCUT2D eigenvalue weighted by Gasteiger charge is 2.28. The smallest absolute Gasteiger partial charge is 0.134 e. The van der Waals surface area contributed by atoms with E-state index in [0.29, 0.717) is 0 Å². The van der Waals surface area contributed by atoms with E-state index >= 15 is 0 Å². The van der Waals surface area contributed by atoms with Gasteiger partial charge in [0.2, 0.25) is 0 Å². The molecular weight excluding hydrogens is 278 g/mol. The van der Waals surface area contributed by atoms with Crippen molar-refractivity contribution in [2.45, 2.75) is 25.3 Å². The average Bonchev–Trinajstić information content (AvgIpc) is 2.55. The van der Waals surface area contributed by atoms with E-state index < -0.39 is 0 Å². The van der Waals surface area contributed by atoms with Crippen LogP contribution in [0.3, 0.4) is 0 Å². The third kappa shape index (κ3) is 2.90. The zero-order valence-corrected chi connectivity index (χ0v) is 13.2. The summed E-state index contributed by atoms with van der Waals surface area (Å²) in [6.07, 6.45) is 5.92. The Kier molecular flexibility index (Phi) is 4.12. The minimum atomic E-state index is 0.791. The Morgan fingerprint density at radius 3 is 2.09 bits per heavy atom. The van der Waals surface area contributed by atoms with Gasteiger partial charge < -0.3 is 14.5 Å². The average molecular weight is 303 g/mol. The first-order valence-electron chi connectivity index (χ1n) is 8.54. The van der Waals surface area contributed by atoms with E-state index in [-0.39, 0.29) is 0 Å². The Morgan fingerprint density at radius 1 is 0.864 bits per heavy atom. The molecule has 22 heavy (non-hydrogen) atoms. The predicted octanol–water partition coefficient (Wildman–Crippen LogP) is 0.988. The third-order valence-electron chi connectivity index (χ3n) is 5.20. The van der Waals surface area contributed by atoms with E-state index in [1.54, 1.807) is 6.33 Å². The van der Waals surface area contributed by atoms with Gasteiger partial charge in [0.1, 0.15) is 18.0 Å². The zero-order valence-electron chi connectivity index (χ0n) is 13.2. The molecule has 0 spiro atoms. The lowest BCUT2D eigenvalue weighted by Gasteiger charge is -2.43. The topological polar surface area (TPSA) is 44.7 Å². The van der Waals surface area contributed by atoms with Gasteiger partial charge in [-0.15, -0.1) is 0 Å². The molecule has 2 aliphatic heterocycles. The number of piperazine rings is 1. The van der Waals surface area contributed by atoms with Crippen molar-refractivity contribution >= 4 is 11.6 Å². The molecule has 0 radical (unpaired) electrons. The van der Waals surface area contributed by atoms with Crippen molar-refractivity contribution in [1.82, 2.24) is 14.9 Å². The summed E-state index contributed by atoms with van der Waals surface area (Å²) in [7, 11) is 0. The Bertz CT molecular complexity index is 493. The first kappa shape index (κ1) is 14.2. The fraction of sp³-hybridized carbons (Fsp3) is 0.750. The molecule has 0 N–H and O–H groups in total. The molecule has 0 amide bonds. The van der Waals surface area contributed by atoms with Crippen molar-refractivity contribution in [2.24, 2.45) is 0 Å². The number of ether oxygens (including phenoxy) is 1. The minimum absolute atomic E-state index is 0.791. The van der Waals surface area contributed by atoms with Gasteiger partial charge >= 0.3 is 0 Å². The molecule has 120 valence electrons.